The number of benzene rings is 1. The van der Waals surface area contributed by atoms with Gasteiger partial charge in [-0.05, 0) is 30.9 Å². The van der Waals surface area contributed by atoms with Gasteiger partial charge in [-0.2, -0.15) is 0 Å². The monoisotopic (exact) mass is 348 g/mol. The Bertz CT molecular complexity index is 556. The van der Waals surface area contributed by atoms with Crippen LogP contribution >= 0.6 is 11.8 Å². The second kappa shape index (κ2) is 9.72. The van der Waals surface area contributed by atoms with Crippen LogP contribution in [-0.4, -0.2) is 41.3 Å². The van der Waals surface area contributed by atoms with Crippen LogP contribution in [0.5, 0.6) is 0 Å². The van der Waals surface area contributed by atoms with Crippen molar-refractivity contribution < 1.29 is 9.59 Å². The summed E-state index contributed by atoms with van der Waals surface area (Å²) in [6, 6.07) is 8.22. The molecule has 0 spiro atoms. The molecule has 0 unspecified atom stereocenters. The fourth-order valence-corrected chi connectivity index (χ4v) is 3.88. The van der Waals surface area contributed by atoms with Crippen LogP contribution in [0.2, 0.25) is 0 Å². The summed E-state index contributed by atoms with van der Waals surface area (Å²) in [5, 5.41) is 2.94. The third-order valence-electron chi connectivity index (χ3n) is 4.65. The molecular weight excluding hydrogens is 320 g/mol. The van der Waals surface area contributed by atoms with Crippen molar-refractivity contribution in [1.29, 1.82) is 0 Å². The van der Waals surface area contributed by atoms with E-state index in [1.54, 1.807) is 0 Å². The lowest BCUT2D eigenvalue weighted by Crippen LogP contribution is -2.39. The first-order chi connectivity index (χ1) is 11.6. The first kappa shape index (κ1) is 18.8. The van der Waals surface area contributed by atoms with Crippen LogP contribution in [0.15, 0.2) is 24.3 Å². The third kappa shape index (κ3) is 5.55. The number of anilines is 1. The normalized spacial score (nSPS) is 15.1. The average molecular weight is 349 g/mol. The van der Waals surface area contributed by atoms with E-state index in [0.29, 0.717) is 17.5 Å². The fraction of sp³-hybridized carbons (Fsp3) is 0.579. The van der Waals surface area contributed by atoms with Crippen LogP contribution in [-0.2, 0) is 16.0 Å². The van der Waals surface area contributed by atoms with Crippen LogP contribution < -0.4 is 5.32 Å². The number of hydrogen-bond donors (Lipinski definition) is 1. The Hall–Kier alpha value is -1.49. The quantitative estimate of drug-likeness (QED) is 0.817. The summed E-state index contributed by atoms with van der Waals surface area (Å²) < 4.78 is 0. The maximum atomic E-state index is 12.3. The zero-order valence-electron chi connectivity index (χ0n) is 14.7. The summed E-state index contributed by atoms with van der Waals surface area (Å²) in [6.07, 6.45) is 6.83. The number of nitrogens with zero attached hydrogens (tertiary/aromatic N) is 1. The highest BCUT2D eigenvalue weighted by Crippen LogP contribution is 2.22. The molecule has 0 atom stereocenters. The molecule has 2 rings (SSSR count). The minimum atomic E-state index is -0.0472. The summed E-state index contributed by atoms with van der Waals surface area (Å²) in [4.78, 5) is 26.2. The molecular formula is C19H28N2O2S. The highest BCUT2D eigenvalue weighted by Gasteiger charge is 2.21. The number of thioether (sulfide) groups is 1. The van der Waals surface area contributed by atoms with Gasteiger partial charge < -0.3 is 10.2 Å². The molecule has 0 aliphatic heterocycles. The third-order valence-corrected chi connectivity index (χ3v) is 5.56. The number of carbonyl (C=O) groups is 2. The second-order valence-electron chi connectivity index (χ2n) is 6.35. The minimum absolute atomic E-state index is 0.0472. The molecule has 1 aromatic carbocycles. The van der Waals surface area contributed by atoms with Crippen molar-refractivity contribution in [3.05, 3.63) is 29.8 Å². The van der Waals surface area contributed by atoms with Crippen molar-refractivity contribution in [2.24, 2.45) is 0 Å². The maximum absolute atomic E-state index is 12.3. The van der Waals surface area contributed by atoms with Crippen LogP contribution in [0.3, 0.4) is 0 Å². The van der Waals surface area contributed by atoms with Gasteiger partial charge in [0.2, 0.25) is 11.8 Å². The van der Waals surface area contributed by atoms with Crippen molar-refractivity contribution in [1.82, 2.24) is 4.90 Å². The Morgan fingerprint density at radius 2 is 1.88 bits per heavy atom. The predicted molar refractivity (Wildman–Crippen MR) is 101 cm³/mol. The number of hydrogen-bond acceptors (Lipinski definition) is 3. The Morgan fingerprint density at radius 1 is 1.17 bits per heavy atom. The van der Waals surface area contributed by atoms with E-state index < -0.39 is 0 Å². The van der Waals surface area contributed by atoms with E-state index in [-0.39, 0.29) is 11.8 Å². The van der Waals surface area contributed by atoms with Crippen LogP contribution in [0.25, 0.3) is 0 Å². The molecule has 24 heavy (non-hydrogen) atoms. The largest absolute Gasteiger partial charge is 0.342 e. The van der Waals surface area contributed by atoms with E-state index in [0.717, 1.165) is 30.5 Å². The zero-order valence-corrected chi connectivity index (χ0v) is 15.5. The minimum Gasteiger partial charge on any atom is -0.342 e. The maximum Gasteiger partial charge on any atom is 0.234 e. The zero-order chi connectivity index (χ0) is 17.4. The average Bonchev–Trinajstić information content (AvgIpc) is 2.62. The summed E-state index contributed by atoms with van der Waals surface area (Å²) in [6.45, 7) is 2.07. The van der Waals surface area contributed by atoms with Gasteiger partial charge in [-0.25, -0.2) is 0 Å². The van der Waals surface area contributed by atoms with E-state index in [1.807, 2.05) is 36.2 Å². The lowest BCUT2D eigenvalue weighted by atomic mass is 9.94. The number of amides is 2. The Morgan fingerprint density at radius 3 is 2.58 bits per heavy atom. The molecule has 1 N–H and O–H groups in total. The Balaban J connectivity index is 1.72. The van der Waals surface area contributed by atoms with E-state index >= 15 is 0 Å². The molecule has 0 aromatic heterocycles. The van der Waals surface area contributed by atoms with Gasteiger partial charge in [-0.15, -0.1) is 11.8 Å². The van der Waals surface area contributed by atoms with Gasteiger partial charge in [0.15, 0.2) is 0 Å². The molecule has 0 heterocycles. The van der Waals surface area contributed by atoms with Gasteiger partial charge in [-0.1, -0.05) is 44.4 Å². The fourth-order valence-electron chi connectivity index (χ4n) is 3.14. The highest BCUT2D eigenvalue weighted by atomic mass is 32.2. The molecule has 0 bridgehead atoms. The molecule has 132 valence electrons. The lowest BCUT2D eigenvalue weighted by Gasteiger charge is -2.31. The summed E-state index contributed by atoms with van der Waals surface area (Å²) >= 11 is 1.39. The summed E-state index contributed by atoms with van der Waals surface area (Å²) in [5.41, 5.74) is 2.00. The van der Waals surface area contributed by atoms with Gasteiger partial charge in [0.1, 0.15) is 0 Å². The number of carbonyl (C=O) groups excluding carboxylic acids is 2. The molecule has 4 nitrogen and oxygen atoms in total. The molecule has 0 radical (unpaired) electrons. The smallest absolute Gasteiger partial charge is 0.234 e. The molecule has 1 fully saturated rings. The lowest BCUT2D eigenvalue weighted by molar-refractivity contribution is -0.129. The molecule has 1 aromatic rings. The van der Waals surface area contributed by atoms with Crippen molar-refractivity contribution in [3.63, 3.8) is 0 Å². The van der Waals surface area contributed by atoms with Gasteiger partial charge >= 0.3 is 0 Å². The van der Waals surface area contributed by atoms with Crippen LogP contribution in [0, 0.1) is 0 Å². The summed E-state index contributed by atoms with van der Waals surface area (Å²) in [7, 11) is 1.90. The summed E-state index contributed by atoms with van der Waals surface area (Å²) in [5.74, 6) is 0.765. The van der Waals surface area contributed by atoms with Crippen molar-refractivity contribution >= 4 is 29.3 Å². The highest BCUT2D eigenvalue weighted by molar-refractivity contribution is 8.00. The van der Waals surface area contributed by atoms with Crippen LogP contribution in [0.1, 0.15) is 44.6 Å². The van der Waals surface area contributed by atoms with E-state index in [2.05, 4.69) is 12.2 Å². The van der Waals surface area contributed by atoms with Crippen molar-refractivity contribution in [3.8, 4) is 0 Å². The van der Waals surface area contributed by atoms with Gasteiger partial charge in [-0.3, -0.25) is 9.59 Å². The predicted octanol–water partition coefficient (Wildman–Crippen LogP) is 3.71. The molecule has 1 aliphatic carbocycles. The van der Waals surface area contributed by atoms with Crippen molar-refractivity contribution in [2.75, 3.05) is 23.9 Å². The van der Waals surface area contributed by atoms with Gasteiger partial charge in [0.25, 0.3) is 0 Å². The second-order valence-corrected chi connectivity index (χ2v) is 7.33. The molecule has 1 saturated carbocycles. The Kier molecular flexibility index (Phi) is 7.63. The topological polar surface area (TPSA) is 49.4 Å². The van der Waals surface area contributed by atoms with E-state index in [9.17, 15) is 9.59 Å². The number of rotatable bonds is 7. The number of para-hydroxylation sites is 1. The molecule has 5 heteroatoms. The molecule has 0 saturated heterocycles. The molecule has 2 amide bonds. The Labute approximate surface area is 149 Å². The first-order valence-corrected chi connectivity index (χ1v) is 9.98. The van der Waals surface area contributed by atoms with Gasteiger partial charge in [0.05, 0.1) is 11.5 Å². The first-order valence-electron chi connectivity index (χ1n) is 8.83. The van der Waals surface area contributed by atoms with Crippen molar-refractivity contribution in [2.45, 2.75) is 51.5 Å². The molecule has 1 aliphatic rings. The van der Waals surface area contributed by atoms with E-state index in [4.69, 9.17) is 0 Å². The SMILES string of the molecule is CCc1ccccc1NC(=O)CSCC(=O)N(C)C1CCCCC1. The van der Waals surface area contributed by atoms with Gasteiger partial charge in [0, 0.05) is 18.8 Å². The standard InChI is InChI=1S/C19H28N2O2S/c1-3-15-9-7-8-12-17(15)20-18(22)13-24-14-19(23)21(2)16-10-5-4-6-11-16/h7-9,12,16H,3-6,10-11,13-14H2,1-2H3,(H,20,22). The van der Waals surface area contributed by atoms with E-state index in [1.165, 1.54) is 31.0 Å². The number of nitrogens with one attached hydrogen (secondary N) is 1. The van der Waals surface area contributed by atoms with Crippen LogP contribution in [0.4, 0.5) is 5.69 Å². The number of aryl methyl sites for hydroxylation is 1.